The van der Waals surface area contributed by atoms with Gasteiger partial charge < -0.3 is 27.8 Å². The molecule has 3 rings (SSSR count). The minimum Gasteiger partial charge on any atom is -0.466 e. The van der Waals surface area contributed by atoms with E-state index in [0.717, 1.165) is 6.42 Å². The molecule has 2 fully saturated rings. The predicted molar refractivity (Wildman–Crippen MR) is 164 cm³/mol. The first kappa shape index (κ1) is 34.6. The van der Waals surface area contributed by atoms with Crippen molar-refractivity contribution in [3.05, 3.63) is 22.7 Å². The molecule has 1 N–H and O–H groups in total. The SMILES string of the molecule is CC(=O)Nc1ccn([C@@H]2O[C@@H]3CO[Si](C(C)C)(C(C)C)O[Si](C(C)C)(C(C)C)O[C@H]3[C@H]2CCCCOC(C)=O)c(=O)n1. The second kappa shape index (κ2) is 14.3. The predicted octanol–water partition coefficient (Wildman–Crippen LogP) is 5.41. The molecule has 42 heavy (non-hydrogen) atoms. The van der Waals surface area contributed by atoms with Gasteiger partial charge in [-0.25, -0.2) is 4.79 Å². The van der Waals surface area contributed by atoms with E-state index in [1.165, 1.54) is 18.4 Å². The van der Waals surface area contributed by atoms with Gasteiger partial charge in [-0.2, -0.15) is 4.98 Å². The van der Waals surface area contributed by atoms with Crippen molar-refractivity contribution in [1.82, 2.24) is 9.55 Å². The largest absolute Gasteiger partial charge is 0.466 e. The Morgan fingerprint density at radius 3 is 2.17 bits per heavy atom. The van der Waals surface area contributed by atoms with Crippen LogP contribution in [-0.4, -0.2) is 64.0 Å². The Morgan fingerprint density at radius 2 is 1.64 bits per heavy atom. The molecule has 0 radical (unpaired) electrons. The zero-order chi connectivity index (χ0) is 31.4. The quantitative estimate of drug-likeness (QED) is 0.195. The first-order valence-corrected chi connectivity index (χ1v) is 19.3. The molecule has 238 valence electrons. The third kappa shape index (κ3) is 7.41. The van der Waals surface area contributed by atoms with Crippen LogP contribution in [0, 0.1) is 5.92 Å². The number of nitrogens with one attached hydrogen (secondary N) is 1. The highest BCUT2D eigenvalue weighted by Gasteiger charge is 2.61. The second-order valence-electron chi connectivity index (χ2n) is 12.8. The number of esters is 1. The Morgan fingerprint density at radius 1 is 1.02 bits per heavy atom. The van der Waals surface area contributed by atoms with Crippen LogP contribution in [0.3, 0.4) is 0 Å². The zero-order valence-corrected chi connectivity index (χ0v) is 29.0. The Hall–Kier alpha value is -1.91. The molecule has 11 nitrogen and oxygen atoms in total. The van der Waals surface area contributed by atoms with Crippen LogP contribution in [-0.2, 0) is 32.0 Å². The van der Waals surface area contributed by atoms with Gasteiger partial charge in [-0.3, -0.25) is 14.2 Å². The van der Waals surface area contributed by atoms with Crippen molar-refractivity contribution in [2.24, 2.45) is 5.92 Å². The van der Waals surface area contributed by atoms with E-state index in [-0.39, 0.29) is 51.9 Å². The number of amides is 1. The summed E-state index contributed by atoms with van der Waals surface area (Å²) in [6, 6.07) is 1.60. The van der Waals surface area contributed by atoms with Gasteiger partial charge in [0.1, 0.15) is 18.1 Å². The Labute approximate surface area is 252 Å². The van der Waals surface area contributed by atoms with Crippen molar-refractivity contribution in [2.45, 2.75) is 129 Å². The molecule has 0 saturated carbocycles. The van der Waals surface area contributed by atoms with E-state index in [0.29, 0.717) is 26.1 Å². The molecule has 2 aliphatic rings. The van der Waals surface area contributed by atoms with Crippen LogP contribution < -0.4 is 11.0 Å². The van der Waals surface area contributed by atoms with Crippen LogP contribution in [0.1, 0.15) is 94.7 Å². The van der Waals surface area contributed by atoms with Gasteiger partial charge in [0.2, 0.25) is 5.91 Å². The molecule has 0 spiro atoms. The number of fused-ring (bicyclic) bond motifs is 1. The van der Waals surface area contributed by atoms with Gasteiger partial charge in [-0.1, -0.05) is 55.4 Å². The number of carbonyl (C=O) groups is 2. The van der Waals surface area contributed by atoms with E-state index in [1.54, 1.807) is 12.3 Å². The standard InChI is InChI=1S/C29H51N3O8Si2/c1-18(2)41(19(3)4)37-17-25-27(39-42(40-41,20(5)6)21(7)8)24(13-11-12-16-36-23(10)34)28(38-25)32-15-14-26(30-22(9)33)31-29(32)35/h14-15,18-21,24-25,27-28H,11-13,16-17H2,1-10H3,(H,30,31,33,35)/t24-,25-,27+,28-/m1/s1. The smallest absolute Gasteiger partial charge is 0.351 e. The minimum atomic E-state index is -2.91. The van der Waals surface area contributed by atoms with Gasteiger partial charge >= 0.3 is 28.8 Å². The normalized spacial score (nSPS) is 25.4. The maximum atomic E-state index is 13.3. The number of anilines is 1. The molecule has 3 heterocycles. The summed E-state index contributed by atoms with van der Waals surface area (Å²) < 4.78 is 34.9. The molecule has 0 unspecified atom stereocenters. The number of hydrogen-bond acceptors (Lipinski definition) is 9. The number of unbranched alkanes of at least 4 members (excludes halogenated alkanes) is 1. The molecule has 4 atom stereocenters. The van der Waals surface area contributed by atoms with Gasteiger partial charge in [0.15, 0.2) is 0 Å². The van der Waals surface area contributed by atoms with Crippen LogP contribution in [0.5, 0.6) is 0 Å². The second-order valence-corrected chi connectivity index (χ2v) is 21.7. The highest BCUT2D eigenvalue weighted by molar-refractivity contribution is 6.84. The van der Waals surface area contributed by atoms with E-state index in [9.17, 15) is 14.4 Å². The fraction of sp³-hybridized carbons (Fsp3) is 0.793. The fourth-order valence-corrected chi connectivity index (χ4v) is 17.6. The Kier molecular flexibility index (Phi) is 11.7. The summed E-state index contributed by atoms with van der Waals surface area (Å²) in [5.74, 6) is -0.631. The monoisotopic (exact) mass is 625 g/mol. The highest BCUT2D eigenvalue weighted by Crippen LogP contribution is 2.50. The van der Waals surface area contributed by atoms with Crippen molar-refractivity contribution in [1.29, 1.82) is 0 Å². The summed E-state index contributed by atoms with van der Waals surface area (Å²) in [6.07, 6.45) is 2.28. The van der Waals surface area contributed by atoms with E-state index >= 15 is 0 Å². The van der Waals surface area contributed by atoms with Crippen LogP contribution in [0.15, 0.2) is 17.1 Å². The lowest BCUT2D eigenvalue weighted by atomic mass is 9.93. The van der Waals surface area contributed by atoms with Crippen molar-refractivity contribution in [2.75, 3.05) is 18.5 Å². The van der Waals surface area contributed by atoms with E-state index < -0.39 is 35.1 Å². The molecule has 2 aliphatic heterocycles. The Balaban J connectivity index is 2.07. The van der Waals surface area contributed by atoms with Crippen LogP contribution in [0.25, 0.3) is 0 Å². The summed E-state index contributed by atoms with van der Waals surface area (Å²) >= 11 is 0. The van der Waals surface area contributed by atoms with Gasteiger partial charge in [-0.05, 0) is 47.5 Å². The molecule has 1 amide bonds. The van der Waals surface area contributed by atoms with E-state index in [1.807, 2.05) is 0 Å². The molecule has 1 aromatic heterocycles. The average molecular weight is 626 g/mol. The summed E-state index contributed by atoms with van der Waals surface area (Å²) in [6.45, 7) is 20.8. The van der Waals surface area contributed by atoms with Gasteiger partial charge in [0.25, 0.3) is 0 Å². The minimum absolute atomic E-state index is 0.147. The number of ether oxygens (including phenoxy) is 2. The Bertz CT molecular complexity index is 1130. The van der Waals surface area contributed by atoms with Crippen LogP contribution in [0.4, 0.5) is 5.82 Å². The number of aromatic nitrogens is 2. The third-order valence-electron chi connectivity index (χ3n) is 8.45. The summed E-state index contributed by atoms with van der Waals surface area (Å²) in [7, 11) is -5.67. The summed E-state index contributed by atoms with van der Waals surface area (Å²) in [5, 5.41) is 2.57. The average Bonchev–Trinajstić information content (AvgIpc) is 3.18. The topological polar surface area (TPSA) is 127 Å². The van der Waals surface area contributed by atoms with E-state index in [4.69, 9.17) is 22.4 Å². The molecule has 2 saturated heterocycles. The van der Waals surface area contributed by atoms with Crippen molar-refractivity contribution >= 4 is 34.8 Å². The highest BCUT2D eigenvalue weighted by atomic mass is 28.5. The lowest BCUT2D eigenvalue weighted by Crippen LogP contribution is -2.65. The van der Waals surface area contributed by atoms with Crippen molar-refractivity contribution in [3.63, 3.8) is 0 Å². The third-order valence-corrected chi connectivity index (χ3v) is 18.7. The fourth-order valence-electron chi connectivity index (χ4n) is 6.36. The van der Waals surface area contributed by atoms with E-state index in [2.05, 4.69) is 65.7 Å². The maximum Gasteiger partial charge on any atom is 0.351 e. The zero-order valence-electron chi connectivity index (χ0n) is 27.0. The molecule has 0 aliphatic carbocycles. The summed E-state index contributed by atoms with van der Waals surface area (Å²) in [5.41, 5.74) is 0.171. The molecule has 0 aromatic carbocycles. The van der Waals surface area contributed by atoms with Crippen molar-refractivity contribution < 1.29 is 32.0 Å². The number of nitrogens with zero attached hydrogens (tertiary/aromatic N) is 2. The summed E-state index contributed by atoms with van der Waals surface area (Å²) in [4.78, 5) is 40.2. The van der Waals surface area contributed by atoms with Gasteiger partial charge in [0, 0.05) is 26.0 Å². The molecule has 1 aromatic rings. The van der Waals surface area contributed by atoms with Crippen LogP contribution in [0.2, 0.25) is 22.2 Å². The maximum absolute atomic E-state index is 13.3. The van der Waals surface area contributed by atoms with Gasteiger partial charge in [-0.15, -0.1) is 0 Å². The lowest BCUT2D eigenvalue weighted by Gasteiger charge is -2.51. The van der Waals surface area contributed by atoms with Crippen molar-refractivity contribution in [3.8, 4) is 0 Å². The molecule has 13 heteroatoms. The molecule has 0 bridgehead atoms. The molecular formula is C29H51N3O8Si2. The first-order chi connectivity index (χ1) is 19.6. The first-order valence-electron chi connectivity index (χ1n) is 15.3. The molecular weight excluding hydrogens is 575 g/mol. The number of carbonyl (C=O) groups excluding carboxylic acids is 2. The van der Waals surface area contributed by atoms with Crippen LogP contribution >= 0.6 is 0 Å². The van der Waals surface area contributed by atoms with Gasteiger partial charge in [0.05, 0.1) is 19.3 Å². The number of rotatable bonds is 11. The number of hydrogen-bond donors (Lipinski definition) is 1. The lowest BCUT2D eigenvalue weighted by molar-refractivity contribution is -0.141.